The van der Waals surface area contributed by atoms with Crippen molar-refractivity contribution >= 4 is 23.3 Å². The molecule has 1 aromatic carbocycles. The summed E-state index contributed by atoms with van der Waals surface area (Å²) < 4.78 is 30.5. The molecule has 18 heavy (non-hydrogen) atoms. The first-order valence-electron chi connectivity index (χ1n) is 4.97. The Hall–Kier alpha value is -1.40. The largest absolute Gasteiger partial charge is 0.467 e. The fourth-order valence-corrected chi connectivity index (χ4v) is 1.52. The van der Waals surface area contributed by atoms with E-state index in [9.17, 15) is 18.7 Å². The van der Waals surface area contributed by atoms with E-state index in [1.165, 1.54) is 6.92 Å². The first-order valence-corrected chi connectivity index (χ1v) is 5.35. The number of rotatable bonds is 4. The Morgan fingerprint density at radius 1 is 1.56 bits per heavy atom. The molecular weight excluding hydrogens is 268 g/mol. The highest BCUT2D eigenvalue weighted by Gasteiger charge is 2.31. The number of methoxy groups -OCH3 is 1. The molecule has 0 aliphatic heterocycles. The topological polar surface area (TPSA) is 58.6 Å². The van der Waals surface area contributed by atoms with Crippen LogP contribution in [-0.4, -0.2) is 30.3 Å². The number of benzene rings is 1. The van der Waals surface area contributed by atoms with Gasteiger partial charge in [-0.1, -0.05) is 11.6 Å². The third kappa shape index (κ3) is 3.30. The number of esters is 1. The van der Waals surface area contributed by atoms with Crippen LogP contribution >= 0.6 is 11.6 Å². The normalized spacial score (nSPS) is 13.9. The molecule has 0 radical (unpaired) electrons. The van der Waals surface area contributed by atoms with Gasteiger partial charge in [-0.3, -0.25) is 0 Å². The van der Waals surface area contributed by atoms with Gasteiger partial charge in [-0.2, -0.15) is 0 Å². The summed E-state index contributed by atoms with van der Waals surface area (Å²) in [5.41, 5.74) is -2.04. The van der Waals surface area contributed by atoms with Crippen LogP contribution in [0, 0.1) is 11.6 Å². The Balaban J connectivity index is 2.84. The van der Waals surface area contributed by atoms with E-state index in [0.29, 0.717) is 6.07 Å². The molecule has 0 saturated heterocycles. The molecule has 2 N–H and O–H groups in total. The fourth-order valence-electron chi connectivity index (χ4n) is 1.26. The Bertz CT molecular complexity index is 443. The van der Waals surface area contributed by atoms with Gasteiger partial charge in [0, 0.05) is 6.07 Å². The van der Waals surface area contributed by atoms with Gasteiger partial charge in [-0.05, 0) is 13.0 Å². The Morgan fingerprint density at radius 2 is 2.17 bits per heavy atom. The lowest BCUT2D eigenvalue weighted by molar-refractivity contribution is -0.158. The van der Waals surface area contributed by atoms with Crippen molar-refractivity contribution in [2.45, 2.75) is 12.5 Å². The molecule has 100 valence electrons. The van der Waals surface area contributed by atoms with Gasteiger partial charge in [0.15, 0.2) is 11.4 Å². The van der Waals surface area contributed by atoms with Crippen molar-refractivity contribution in [3.63, 3.8) is 0 Å². The summed E-state index contributed by atoms with van der Waals surface area (Å²) in [7, 11) is 1.11. The summed E-state index contributed by atoms with van der Waals surface area (Å²) in [6, 6.07) is 1.56. The van der Waals surface area contributed by atoms with Gasteiger partial charge in [0.1, 0.15) is 5.82 Å². The van der Waals surface area contributed by atoms with Crippen LogP contribution < -0.4 is 5.32 Å². The summed E-state index contributed by atoms with van der Waals surface area (Å²) in [6.07, 6.45) is 0. The number of nitrogens with one attached hydrogen (secondary N) is 1. The van der Waals surface area contributed by atoms with Crippen LogP contribution in [-0.2, 0) is 9.53 Å². The maximum absolute atomic E-state index is 13.4. The van der Waals surface area contributed by atoms with Crippen LogP contribution in [0.1, 0.15) is 6.92 Å². The van der Waals surface area contributed by atoms with Crippen molar-refractivity contribution in [3.05, 3.63) is 28.8 Å². The van der Waals surface area contributed by atoms with Gasteiger partial charge in [0.2, 0.25) is 0 Å². The zero-order valence-electron chi connectivity index (χ0n) is 9.76. The minimum atomic E-state index is -1.85. The zero-order valence-corrected chi connectivity index (χ0v) is 10.5. The van der Waals surface area contributed by atoms with Crippen molar-refractivity contribution in [2.24, 2.45) is 0 Å². The second-order valence-corrected chi connectivity index (χ2v) is 4.27. The number of ether oxygens (including phenoxy) is 1. The third-order valence-corrected chi connectivity index (χ3v) is 2.54. The van der Waals surface area contributed by atoms with E-state index >= 15 is 0 Å². The lowest BCUT2D eigenvalue weighted by atomic mass is 10.1. The first-order chi connectivity index (χ1) is 8.27. The van der Waals surface area contributed by atoms with Gasteiger partial charge >= 0.3 is 5.97 Å². The van der Waals surface area contributed by atoms with E-state index in [1.807, 2.05) is 0 Å². The van der Waals surface area contributed by atoms with Crippen LogP contribution in [0.15, 0.2) is 12.1 Å². The van der Waals surface area contributed by atoms with Crippen molar-refractivity contribution in [2.75, 3.05) is 19.0 Å². The molecule has 0 aliphatic rings. The molecule has 0 fully saturated rings. The Morgan fingerprint density at radius 3 is 2.67 bits per heavy atom. The standard InChI is InChI=1S/C11H12ClF2NO3/c1-11(17,10(16)18-2)5-15-9-7(12)3-6(13)4-8(9)14/h3-4,15,17H,5H2,1-2H3. The van der Waals surface area contributed by atoms with Crippen LogP contribution in [0.3, 0.4) is 0 Å². The second kappa shape index (κ2) is 5.49. The highest BCUT2D eigenvalue weighted by molar-refractivity contribution is 6.33. The van der Waals surface area contributed by atoms with E-state index in [1.54, 1.807) is 0 Å². The average Bonchev–Trinajstić information content (AvgIpc) is 2.26. The molecule has 7 heteroatoms. The molecule has 1 rings (SSSR count). The highest BCUT2D eigenvalue weighted by atomic mass is 35.5. The molecule has 4 nitrogen and oxygen atoms in total. The van der Waals surface area contributed by atoms with Crippen molar-refractivity contribution < 1.29 is 23.4 Å². The van der Waals surface area contributed by atoms with Gasteiger partial charge in [0.25, 0.3) is 0 Å². The molecule has 0 aliphatic carbocycles. The van der Waals surface area contributed by atoms with E-state index in [-0.39, 0.29) is 17.3 Å². The summed E-state index contributed by atoms with van der Waals surface area (Å²) >= 11 is 5.64. The number of aliphatic hydroxyl groups is 1. The van der Waals surface area contributed by atoms with Crippen LogP contribution in [0.25, 0.3) is 0 Å². The van der Waals surface area contributed by atoms with Gasteiger partial charge in [-0.25, -0.2) is 13.6 Å². The summed E-state index contributed by atoms with van der Waals surface area (Å²) in [4.78, 5) is 11.2. The zero-order chi connectivity index (χ0) is 13.9. The summed E-state index contributed by atoms with van der Waals surface area (Å²) in [5, 5.41) is 12.0. The average molecular weight is 280 g/mol. The predicted octanol–water partition coefficient (Wildman–Crippen LogP) is 1.95. The number of hydrogen-bond acceptors (Lipinski definition) is 4. The lowest BCUT2D eigenvalue weighted by Crippen LogP contribution is -2.43. The van der Waals surface area contributed by atoms with Crippen LogP contribution in [0.2, 0.25) is 5.02 Å². The second-order valence-electron chi connectivity index (χ2n) is 3.86. The van der Waals surface area contributed by atoms with Crippen LogP contribution in [0.5, 0.6) is 0 Å². The summed E-state index contributed by atoms with van der Waals surface area (Å²) in [5.74, 6) is -2.61. The number of carbonyl (C=O) groups excluding carboxylic acids is 1. The van der Waals surface area contributed by atoms with E-state index < -0.39 is 23.2 Å². The van der Waals surface area contributed by atoms with Gasteiger partial charge in [-0.15, -0.1) is 0 Å². The molecule has 0 amide bonds. The maximum atomic E-state index is 13.4. The number of anilines is 1. The molecular formula is C11H12ClF2NO3. The Labute approximate surface area is 108 Å². The predicted molar refractivity (Wildman–Crippen MR) is 62.5 cm³/mol. The molecule has 1 unspecified atom stereocenters. The van der Waals surface area contributed by atoms with Crippen LogP contribution in [0.4, 0.5) is 14.5 Å². The van der Waals surface area contributed by atoms with Crippen molar-refractivity contribution in [1.82, 2.24) is 0 Å². The van der Waals surface area contributed by atoms with E-state index in [0.717, 1.165) is 13.2 Å². The summed E-state index contributed by atoms with van der Waals surface area (Å²) in [6.45, 7) is 0.864. The molecule has 0 bridgehead atoms. The van der Waals surface area contributed by atoms with Gasteiger partial charge in [0.05, 0.1) is 24.4 Å². The Kier molecular flexibility index (Phi) is 4.48. The third-order valence-electron chi connectivity index (χ3n) is 2.24. The van der Waals surface area contributed by atoms with Gasteiger partial charge < -0.3 is 15.2 Å². The molecule has 0 spiro atoms. The SMILES string of the molecule is COC(=O)C(C)(O)CNc1c(F)cc(F)cc1Cl. The number of carbonyl (C=O) groups is 1. The molecule has 0 aromatic heterocycles. The molecule has 0 heterocycles. The minimum Gasteiger partial charge on any atom is -0.467 e. The first kappa shape index (κ1) is 14.7. The smallest absolute Gasteiger partial charge is 0.339 e. The fraction of sp³-hybridized carbons (Fsp3) is 0.364. The molecule has 0 saturated carbocycles. The van der Waals surface area contributed by atoms with Crippen molar-refractivity contribution in [1.29, 1.82) is 0 Å². The van der Waals surface area contributed by atoms with E-state index in [4.69, 9.17) is 11.6 Å². The van der Waals surface area contributed by atoms with E-state index in [2.05, 4.69) is 10.1 Å². The monoisotopic (exact) mass is 279 g/mol. The maximum Gasteiger partial charge on any atom is 0.339 e. The lowest BCUT2D eigenvalue weighted by Gasteiger charge is -2.21. The van der Waals surface area contributed by atoms with Crippen molar-refractivity contribution in [3.8, 4) is 0 Å². The molecule has 1 atom stereocenters. The quantitative estimate of drug-likeness (QED) is 0.827. The molecule has 1 aromatic rings. The highest BCUT2D eigenvalue weighted by Crippen LogP contribution is 2.26. The minimum absolute atomic E-state index is 0.187. The number of halogens is 3. The number of hydrogen-bond donors (Lipinski definition) is 2.